The smallest absolute Gasteiger partial charge is 0.388 e. The summed E-state index contributed by atoms with van der Waals surface area (Å²) in [4.78, 5) is 28.9. The predicted molar refractivity (Wildman–Crippen MR) is 136 cm³/mol. The number of aromatic amines is 1. The maximum Gasteiger partial charge on any atom is 0.388 e. The van der Waals surface area contributed by atoms with E-state index >= 15 is 0 Å². The molecule has 0 spiro atoms. The number of hydrogen-bond donors (Lipinski definition) is 3. The van der Waals surface area contributed by atoms with Gasteiger partial charge >= 0.3 is 6.61 Å². The van der Waals surface area contributed by atoms with E-state index in [-0.39, 0.29) is 34.5 Å². The van der Waals surface area contributed by atoms with Crippen LogP contribution in [0.2, 0.25) is 0 Å². The van der Waals surface area contributed by atoms with Crippen LogP contribution in [0.15, 0.2) is 24.5 Å². The molecule has 0 bridgehead atoms. The molecule has 0 saturated heterocycles. The van der Waals surface area contributed by atoms with Gasteiger partial charge in [-0.1, -0.05) is 0 Å². The van der Waals surface area contributed by atoms with E-state index in [0.29, 0.717) is 49.0 Å². The zero-order valence-electron chi connectivity index (χ0n) is 22.0. The summed E-state index contributed by atoms with van der Waals surface area (Å²) in [5, 5.41) is 10.9. The number of carbonyl (C=O) groups excluding carboxylic acids is 2. The Morgan fingerprint density at radius 1 is 1.22 bits per heavy atom. The third-order valence-corrected chi connectivity index (χ3v) is 6.86. The number of nitrogens with one attached hydrogen (secondary N) is 2. The number of primary amides is 1. The number of H-pyrrole nitrogens is 1. The first-order chi connectivity index (χ1) is 19.6. The lowest BCUT2D eigenvalue weighted by Crippen LogP contribution is -2.38. The Bertz CT molecular complexity index is 1610. The van der Waals surface area contributed by atoms with Gasteiger partial charge in [0.2, 0.25) is 23.6 Å². The van der Waals surface area contributed by atoms with Gasteiger partial charge in [0.05, 0.1) is 23.4 Å². The van der Waals surface area contributed by atoms with Gasteiger partial charge in [0.15, 0.2) is 0 Å². The number of fused-ring (bicyclic) bond motifs is 2. The lowest BCUT2D eigenvalue weighted by atomic mass is 10.0. The summed E-state index contributed by atoms with van der Waals surface area (Å²) in [5.41, 5.74) is 4.91. The number of halogens is 4. The minimum atomic E-state index is -3.11. The van der Waals surface area contributed by atoms with Crippen LogP contribution in [0, 0.1) is 5.41 Å². The molecule has 2 aliphatic rings. The standard InChI is InChI=1S/C19H16F4N6O2.C6H10N2O2/c1-28-8-10(17(27-28)31-19(22)23)11-9-4-2-5-24-16(9)25-13(11)12-14(15(20)21)26-29-6-3-7-30-18(12)29;1-8-5(10)6(2-3-6)4(7)9/h2,4-5,8,15,19H,3,6-7H2,1H3,(H,24,25);2-3H2,1H3,(H2,7,9)(H,8,10). The van der Waals surface area contributed by atoms with Crippen LogP contribution in [0.5, 0.6) is 11.8 Å². The summed E-state index contributed by atoms with van der Waals surface area (Å²) in [6.45, 7) is -2.33. The quantitative estimate of drug-likeness (QED) is 0.225. The van der Waals surface area contributed by atoms with E-state index in [9.17, 15) is 27.2 Å². The fourth-order valence-corrected chi connectivity index (χ4v) is 4.78. The number of amides is 2. The normalized spacial score (nSPS) is 15.2. The topological polar surface area (TPSA) is 155 Å². The molecule has 0 aromatic carbocycles. The van der Waals surface area contributed by atoms with Gasteiger partial charge in [0.1, 0.15) is 16.8 Å². The van der Waals surface area contributed by atoms with E-state index < -0.39 is 30.1 Å². The van der Waals surface area contributed by atoms with Gasteiger partial charge in [-0.05, 0) is 25.0 Å². The van der Waals surface area contributed by atoms with Crippen molar-refractivity contribution in [1.82, 2.24) is 34.8 Å². The van der Waals surface area contributed by atoms with Crippen molar-refractivity contribution in [3.8, 4) is 34.1 Å². The number of pyridine rings is 1. The van der Waals surface area contributed by atoms with E-state index in [1.165, 1.54) is 28.8 Å². The van der Waals surface area contributed by atoms with Crippen LogP contribution < -0.4 is 20.5 Å². The van der Waals surface area contributed by atoms with Crippen molar-refractivity contribution >= 4 is 22.8 Å². The summed E-state index contributed by atoms with van der Waals surface area (Å²) < 4.78 is 66.9. The largest absolute Gasteiger partial charge is 0.477 e. The maximum absolute atomic E-state index is 13.9. The Labute approximate surface area is 229 Å². The summed E-state index contributed by atoms with van der Waals surface area (Å²) in [5.74, 6) is -0.898. The number of alkyl halides is 4. The molecule has 1 aliphatic heterocycles. The third-order valence-electron chi connectivity index (χ3n) is 6.86. The average molecular weight is 579 g/mol. The second-order valence-electron chi connectivity index (χ2n) is 9.49. The first-order valence-electron chi connectivity index (χ1n) is 12.6. The van der Waals surface area contributed by atoms with Gasteiger partial charge in [0, 0.05) is 50.4 Å². The van der Waals surface area contributed by atoms with Crippen molar-refractivity contribution < 1.29 is 36.6 Å². The predicted octanol–water partition coefficient (Wildman–Crippen LogP) is 3.15. The number of aromatic nitrogens is 6. The minimum absolute atomic E-state index is 0.0644. The molecule has 16 heteroatoms. The van der Waals surface area contributed by atoms with Crippen LogP contribution in [0.4, 0.5) is 17.6 Å². The van der Waals surface area contributed by atoms with E-state index in [2.05, 4.69) is 30.2 Å². The summed E-state index contributed by atoms with van der Waals surface area (Å²) in [7, 11) is 3.05. The van der Waals surface area contributed by atoms with E-state index in [4.69, 9.17) is 10.5 Å². The number of rotatable bonds is 7. The lowest BCUT2D eigenvalue weighted by molar-refractivity contribution is -0.135. The molecule has 4 aromatic rings. The summed E-state index contributed by atoms with van der Waals surface area (Å²) in [6, 6.07) is 3.36. The number of nitrogens with zero attached hydrogens (tertiary/aromatic N) is 5. The molecule has 1 fully saturated rings. The molecule has 5 heterocycles. The fraction of sp³-hybridized carbons (Fsp3) is 0.400. The lowest BCUT2D eigenvalue weighted by Gasteiger charge is -2.16. The molecular weight excluding hydrogens is 552 g/mol. The fourth-order valence-electron chi connectivity index (χ4n) is 4.78. The number of hydrogen-bond acceptors (Lipinski definition) is 7. The van der Waals surface area contributed by atoms with Crippen LogP contribution in [-0.2, 0) is 23.2 Å². The van der Waals surface area contributed by atoms with E-state index in [1.807, 2.05) is 0 Å². The number of aryl methyl sites for hydroxylation is 2. The van der Waals surface area contributed by atoms with Gasteiger partial charge in [-0.15, -0.1) is 5.10 Å². The molecule has 2 amide bonds. The van der Waals surface area contributed by atoms with Crippen LogP contribution in [-0.4, -0.2) is 61.6 Å². The summed E-state index contributed by atoms with van der Waals surface area (Å²) in [6.07, 6.45) is 1.96. The highest BCUT2D eigenvalue weighted by molar-refractivity contribution is 6.07. The molecule has 0 unspecified atom stereocenters. The third kappa shape index (κ3) is 5.04. The molecule has 218 valence electrons. The first kappa shape index (κ1) is 27.9. The van der Waals surface area contributed by atoms with Crippen molar-refractivity contribution in [2.45, 2.75) is 38.8 Å². The molecular formula is C25H26F4N8O4. The van der Waals surface area contributed by atoms with Crippen molar-refractivity contribution in [3.63, 3.8) is 0 Å². The minimum Gasteiger partial charge on any atom is -0.477 e. The Morgan fingerprint density at radius 2 is 1.98 bits per heavy atom. The highest BCUT2D eigenvalue weighted by atomic mass is 19.3. The van der Waals surface area contributed by atoms with Gasteiger partial charge in [0.25, 0.3) is 6.43 Å². The Kier molecular flexibility index (Phi) is 7.31. The van der Waals surface area contributed by atoms with Crippen LogP contribution in [0.3, 0.4) is 0 Å². The highest BCUT2D eigenvalue weighted by Gasteiger charge is 2.54. The monoisotopic (exact) mass is 578 g/mol. The second kappa shape index (κ2) is 10.7. The van der Waals surface area contributed by atoms with Crippen LogP contribution in [0.25, 0.3) is 33.4 Å². The Morgan fingerprint density at radius 3 is 2.59 bits per heavy atom. The molecule has 1 aliphatic carbocycles. The number of carbonyl (C=O) groups is 2. The van der Waals surface area contributed by atoms with Crippen molar-refractivity contribution in [3.05, 3.63) is 30.2 Å². The van der Waals surface area contributed by atoms with Gasteiger partial charge < -0.3 is 25.5 Å². The molecule has 0 atom stereocenters. The molecule has 4 N–H and O–H groups in total. The highest BCUT2D eigenvalue weighted by Crippen LogP contribution is 2.48. The van der Waals surface area contributed by atoms with Gasteiger partial charge in [-0.2, -0.15) is 13.9 Å². The van der Waals surface area contributed by atoms with E-state index in [1.54, 1.807) is 19.2 Å². The zero-order valence-corrected chi connectivity index (χ0v) is 22.0. The molecule has 4 aromatic heterocycles. The van der Waals surface area contributed by atoms with Crippen molar-refractivity contribution in [2.24, 2.45) is 18.2 Å². The molecule has 1 saturated carbocycles. The van der Waals surface area contributed by atoms with E-state index in [0.717, 1.165) is 0 Å². The van der Waals surface area contributed by atoms with Crippen LogP contribution >= 0.6 is 0 Å². The molecule has 6 rings (SSSR count). The van der Waals surface area contributed by atoms with Crippen molar-refractivity contribution in [1.29, 1.82) is 0 Å². The Balaban J connectivity index is 0.000000287. The van der Waals surface area contributed by atoms with Gasteiger partial charge in [-0.3, -0.25) is 14.3 Å². The second-order valence-corrected chi connectivity index (χ2v) is 9.49. The number of nitrogens with two attached hydrogens (primary N) is 1. The SMILES string of the molecule is CNC(=O)C1(C(N)=O)CC1.Cn1cc(-c2c(-c3c(C(F)F)nn4c3OCCC4)[nH]c3ncccc23)c(OC(F)F)n1. The first-order valence-corrected chi connectivity index (χ1v) is 12.6. The number of ether oxygens (including phenoxy) is 2. The Hall–Kier alpha value is -4.63. The molecule has 41 heavy (non-hydrogen) atoms. The zero-order chi connectivity index (χ0) is 29.5. The average Bonchev–Trinajstić information content (AvgIpc) is 3.38. The molecule has 0 radical (unpaired) electrons. The van der Waals surface area contributed by atoms with Crippen LogP contribution in [0.1, 0.15) is 31.4 Å². The molecule has 12 nitrogen and oxygen atoms in total. The maximum atomic E-state index is 13.9. The summed E-state index contributed by atoms with van der Waals surface area (Å²) >= 11 is 0. The van der Waals surface area contributed by atoms with Crippen molar-refractivity contribution in [2.75, 3.05) is 13.7 Å². The van der Waals surface area contributed by atoms with Gasteiger partial charge in [-0.25, -0.2) is 18.4 Å².